The minimum Gasteiger partial charge on any atom is -0.327 e. The van der Waals surface area contributed by atoms with Crippen molar-refractivity contribution in [1.82, 2.24) is 14.5 Å². The monoisotopic (exact) mass is 328 g/mol. The first-order valence-electron chi connectivity index (χ1n) is 6.43. The first-order valence-corrected chi connectivity index (χ1v) is 6.43. The van der Waals surface area contributed by atoms with Crippen LogP contribution in [-0.4, -0.2) is 33.6 Å². The molecule has 2 fully saturated rings. The van der Waals surface area contributed by atoms with Crippen LogP contribution in [0.1, 0.15) is 25.2 Å². The highest BCUT2D eigenvalue weighted by molar-refractivity contribution is 5.85. The molecule has 2 N–H and O–H groups in total. The molecule has 3 rings (SSSR count). The summed E-state index contributed by atoms with van der Waals surface area (Å²) in [5.41, 5.74) is 6.07. The quantitative estimate of drug-likeness (QED) is 0.926. The van der Waals surface area contributed by atoms with Crippen LogP contribution in [0.4, 0.5) is 8.78 Å². The zero-order valence-electron chi connectivity index (χ0n) is 11.0. The number of likely N-dealkylation sites (tertiary alicyclic amines) is 1. The molecular weight excluding hydrogens is 309 g/mol. The molecule has 2 aliphatic rings. The topological polar surface area (TPSA) is 47.1 Å². The molecule has 1 aliphatic heterocycles. The molecule has 2 heterocycles. The fourth-order valence-electron chi connectivity index (χ4n) is 3.37. The standard InChI is InChI=1S/C12H18F2N4.2ClH/c13-12(14)18-4-3-16-11(18)7-17-5-8-1-2-10(15)9(8)6-17;;/h3-4,8-10,12H,1-2,5-7,15H2;2*1H. The molecule has 0 radical (unpaired) electrons. The fourth-order valence-corrected chi connectivity index (χ4v) is 3.37. The van der Waals surface area contributed by atoms with Gasteiger partial charge in [0.1, 0.15) is 5.82 Å². The zero-order chi connectivity index (χ0) is 12.7. The highest BCUT2D eigenvalue weighted by atomic mass is 35.5. The van der Waals surface area contributed by atoms with Gasteiger partial charge in [0, 0.05) is 31.5 Å². The minimum atomic E-state index is -2.51. The second kappa shape index (κ2) is 7.02. The van der Waals surface area contributed by atoms with Gasteiger partial charge in [0.15, 0.2) is 0 Å². The molecule has 20 heavy (non-hydrogen) atoms. The molecule has 0 spiro atoms. The maximum Gasteiger partial charge on any atom is 0.319 e. The number of hydrogen-bond acceptors (Lipinski definition) is 3. The normalized spacial score (nSPS) is 29.1. The first-order chi connectivity index (χ1) is 8.65. The Hall–Kier alpha value is -0.430. The van der Waals surface area contributed by atoms with Gasteiger partial charge in [0.25, 0.3) is 0 Å². The van der Waals surface area contributed by atoms with E-state index < -0.39 is 6.55 Å². The number of halogens is 4. The van der Waals surface area contributed by atoms with Gasteiger partial charge in [-0.25, -0.2) is 4.98 Å². The third-order valence-electron chi connectivity index (χ3n) is 4.31. The highest BCUT2D eigenvalue weighted by Gasteiger charge is 2.41. The summed E-state index contributed by atoms with van der Waals surface area (Å²) in [6.07, 6.45) is 5.05. The number of imidazole rings is 1. The van der Waals surface area contributed by atoms with Crippen LogP contribution in [0.25, 0.3) is 0 Å². The van der Waals surface area contributed by atoms with Crippen molar-refractivity contribution < 1.29 is 8.78 Å². The van der Waals surface area contributed by atoms with E-state index in [9.17, 15) is 8.78 Å². The predicted molar refractivity (Wildman–Crippen MR) is 77.4 cm³/mol. The highest BCUT2D eigenvalue weighted by Crippen LogP contribution is 2.37. The van der Waals surface area contributed by atoms with Crippen molar-refractivity contribution >= 4 is 24.8 Å². The summed E-state index contributed by atoms with van der Waals surface area (Å²) < 4.78 is 26.4. The van der Waals surface area contributed by atoms with Crippen molar-refractivity contribution in [1.29, 1.82) is 0 Å². The minimum absolute atomic E-state index is 0. The first kappa shape index (κ1) is 17.6. The Morgan fingerprint density at radius 2 is 2.05 bits per heavy atom. The van der Waals surface area contributed by atoms with Crippen LogP contribution in [0.15, 0.2) is 12.4 Å². The number of rotatable bonds is 3. The molecular formula is C12H20Cl2F2N4. The number of hydrogen-bond donors (Lipinski definition) is 1. The summed E-state index contributed by atoms with van der Waals surface area (Å²) in [5, 5.41) is 0. The van der Waals surface area contributed by atoms with Crippen molar-refractivity contribution in [3.8, 4) is 0 Å². The van der Waals surface area contributed by atoms with Gasteiger partial charge in [-0.1, -0.05) is 0 Å². The van der Waals surface area contributed by atoms with E-state index in [2.05, 4.69) is 9.88 Å². The number of fused-ring (bicyclic) bond motifs is 1. The average Bonchev–Trinajstić information content (AvgIpc) is 2.98. The largest absolute Gasteiger partial charge is 0.327 e. The van der Waals surface area contributed by atoms with Crippen molar-refractivity contribution in [2.24, 2.45) is 17.6 Å². The Bertz CT molecular complexity index is 429. The van der Waals surface area contributed by atoms with Gasteiger partial charge in [0.05, 0.1) is 6.54 Å². The maximum absolute atomic E-state index is 12.7. The van der Waals surface area contributed by atoms with Crippen LogP contribution < -0.4 is 5.73 Å². The molecule has 0 aromatic carbocycles. The van der Waals surface area contributed by atoms with Crippen molar-refractivity contribution in [2.75, 3.05) is 13.1 Å². The second-order valence-corrected chi connectivity index (χ2v) is 5.39. The van der Waals surface area contributed by atoms with E-state index >= 15 is 0 Å². The Labute approximate surface area is 129 Å². The van der Waals surface area contributed by atoms with Crippen LogP contribution >= 0.6 is 24.8 Å². The summed E-state index contributed by atoms with van der Waals surface area (Å²) in [6, 6.07) is 0.287. The lowest BCUT2D eigenvalue weighted by molar-refractivity contribution is 0.0643. The van der Waals surface area contributed by atoms with E-state index in [0.717, 1.165) is 24.1 Å². The molecule has 3 atom stereocenters. The van der Waals surface area contributed by atoms with Crippen LogP contribution in [0.3, 0.4) is 0 Å². The van der Waals surface area contributed by atoms with Gasteiger partial charge in [-0.3, -0.25) is 9.47 Å². The summed E-state index contributed by atoms with van der Waals surface area (Å²) in [6.45, 7) is -0.125. The lowest BCUT2D eigenvalue weighted by Crippen LogP contribution is -2.30. The third kappa shape index (κ3) is 3.24. The number of nitrogens with two attached hydrogens (primary N) is 1. The summed E-state index contributed by atoms with van der Waals surface area (Å²) in [4.78, 5) is 6.23. The summed E-state index contributed by atoms with van der Waals surface area (Å²) in [5.74, 6) is 1.63. The molecule has 1 saturated carbocycles. The third-order valence-corrected chi connectivity index (χ3v) is 4.31. The number of nitrogens with zero attached hydrogens (tertiary/aromatic N) is 3. The molecule has 8 heteroatoms. The van der Waals surface area contributed by atoms with Crippen LogP contribution in [0.5, 0.6) is 0 Å². The summed E-state index contributed by atoms with van der Waals surface area (Å²) in [7, 11) is 0. The van der Waals surface area contributed by atoms with Crippen LogP contribution in [0.2, 0.25) is 0 Å². The zero-order valence-corrected chi connectivity index (χ0v) is 12.6. The van der Waals surface area contributed by atoms with Crippen LogP contribution in [0, 0.1) is 11.8 Å². The molecule has 1 saturated heterocycles. The lowest BCUT2D eigenvalue weighted by atomic mass is 9.98. The molecule has 1 aromatic rings. The molecule has 1 aromatic heterocycles. The molecule has 0 amide bonds. The molecule has 116 valence electrons. The van der Waals surface area contributed by atoms with Gasteiger partial charge in [-0.15, -0.1) is 24.8 Å². The van der Waals surface area contributed by atoms with Gasteiger partial charge in [0.2, 0.25) is 0 Å². The molecule has 1 aliphatic carbocycles. The van der Waals surface area contributed by atoms with E-state index in [1.807, 2.05) is 0 Å². The molecule has 3 unspecified atom stereocenters. The lowest BCUT2D eigenvalue weighted by Gasteiger charge is -2.18. The van der Waals surface area contributed by atoms with Crippen molar-refractivity contribution in [2.45, 2.75) is 32.0 Å². The van der Waals surface area contributed by atoms with E-state index in [0.29, 0.717) is 24.2 Å². The summed E-state index contributed by atoms with van der Waals surface area (Å²) >= 11 is 0. The predicted octanol–water partition coefficient (Wildman–Crippen LogP) is 2.29. The van der Waals surface area contributed by atoms with Crippen molar-refractivity contribution in [3.05, 3.63) is 18.2 Å². The fraction of sp³-hybridized carbons (Fsp3) is 0.750. The maximum atomic E-state index is 12.7. The second-order valence-electron chi connectivity index (χ2n) is 5.39. The van der Waals surface area contributed by atoms with E-state index in [1.165, 1.54) is 18.8 Å². The molecule has 0 bridgehead atoms. The Balaban J connectivity index is 0.000001000. The Morgan fingerprint density at radius 3 is 2.70 bits per heavy atom. The Morgan fingerprint density at radius 1 is 1.30 bits per heavy atom. The van der Waals surface area contributed by atoms with Crippen LogP contribution in [-0.2, 0) is 6.54 Å². The smallest absolute Gasteiger partial charge is 0.319 e. The molecule has 4 nitrogen and oxygen atoms in total. The van der Waals surface area contributed by atoms with Gasteiger partial charge < -0.3 is 5.73 Å². The van der Waals surface area contributed by atoms with Gasteiger partial charge in [-0.05, 0) is 24.7 Å². The number of aromatic nitrogens is 2. The van der Waals surface area contributed by atoms with Gasteiger partial charge in [-0.2, -0.15) is 8.78 Å². The van der Waals surface area contributed by atoms with Crippen molar-refractivity contribution in [3.63, 3.8) is 0 Å². The van der Waals surface area contributed by atoms with E-state index in [1.54, 1.807) is 0 Å². The average molecular weight is 329 g/mol. The van der Waals surface area contributed by atoms with Gasteiger partial charge >= 0.3 is 6.55 Å². The van der Waals surface area contributed by atoms with E-state index in [-0.39, 0.29) is 30.9 Å². The Kier molecular flexibility index (Phi) is 6.19. The SMILES string of the molecule is Cl.Cl.NC1CCC2CN(Cc3nccn3C(F)F)CC12. The number of alkyl halides is 2. The van der Waals surface area contributed by atoms with E-state index in [4.69, 9.17) is 5.73 Å².